The molecule has 0 atom stereocenters. The van der Waals surface area contributed by atoms with Crippen LogP contribution in [-0.4, -0.2) is 15.7 Å². The molecule has 0 saturated carbocycles. The number of hydrogen-bond donors (Lipinski definition) is 1. The molecule has 13 heavy (non-hydrogen) atoms. The van der Waals surface area contributed by atoms with Crippen LogP contribution in [-0.2, 0) is 7.05 Å². The Labute approximate surface area is 76.7 Å². The highest BCUT2D eigenvalue weighted by molar-refractivity contribution is 5.91. The third kappa shape index (κ3) is 2.09. The van der Waals surface area contributed by atoms with Gasteiger partial charge in [-0.1, -0.05) is 12.8 Å². The van der Waals surface area contributed by atoms with E-state index < -0.39 is 5.91 Å². The Hall–Kier alpha value is -1.76. The number of aryl methyl sites for hydroxylation is 1. The average molecular weight is 177 g/mol. The van der Waals surface area contributed by atoms with E-state index in [0.717, 1.165) is 6.42 Å². The van der Waals surface area contributed by atoms with Crippen molar-refractivity contribution in [3.8, 4) is 11.8 Å². The Morgan fingerprint density at radius 3 is 2.92 bits per heavy atom. The summed E-state index contributed by atoms with van der Waals surface area (Å²) in [5.74, 6) is 5.20. The van der Waals surface area contributed by atoms with Crippen molar-refractivity contribution in [2.24, 2.45) is 12.8 Å². The second kappa shape index (κ2) is 3.76. The number of primary amides is 1. The van der Waals surface area contributed by atoms with E-state index >= 15 is 0 Å². The van der Waals surface area contributed by atoms with E-state index in [9.17, 15) is 4.79 Å². The topological polar surface area (TPSA) is 60.9 Å². The SMILES string of the molecule is CCC#Cc1cc(C(N)=O)n(C)n1. The van der Waals surface area contributed by atoms with E-state index in [1.54, 1.807) is 13.1 Å². The fourth-order valence-corrected chi connectivity index (χ4v) is 0.938. The summed E-state index contributed by atoms with van der Waals surface area (Å²) in [5, 5.41) is 4.01. The maximum Gasteiger partial charge on any atom is 0.267 e. The third-order valence-electron chi connectivity index (χ3n) is 1.53. The number of nitrogens with zero attached hydrogens (tertiary/aromatic N) is 2. The minimum Gasteiger partial charge on any atom is -0.364 e. The van der Waals surface area contributed by atoms with Crippen molar-refractivity contribution in [1.82, 2.24) is 9.78 Å². The molecule has 0 fully saturated rings. The quantitative estimate of drug-likeness (QED) is 0.626. The number of carbonyl (C=O) groups excluding carboxylic acids is 1. The Balaban J connectivity index is 3.02. The van der Waals surface area contributed by atoms with Gasteiger partial charge in [0.05, 0.1) is 0 Å². The lowest BCUT2D eigenvalue weighted by molar-refractivity contribution is 0.0991. The zero-order valence-electron chi connectivity index (χ0n) is 7.66. The van der Waals surface area contributed by atoms with Crippen molar-refractivity contribution in [3.05, 3.63) is 17.5 Å². The molecule has 0 saturated heterocycles. The molecule has 0 aliphatic rings. The summed E-state index contributed by atoms with van der Waals surface area (Å²) in [7, 11) is 1.66. The highest BCUT2D eigenvalue weighted by Crippen LogP contribution is 2.00. The van der Waals surface area contributed by atoms with Crippen molar-refractivity contribution < 1.29 is 4.79 Å². The summed E-state index contributed by atoms with van der Waals surface area (Å²) < 4.78 is 1.43. The van der Waals surface area contributed by atoms with E-state index in [1.807, 2.05) is 6.92 Å². The van der Waals surface area contributed by atoms with Gasteiger partial charge in [0.2, 0.25) is 0 Å². The van der Waals surface area contributed by atoms with Crippen LogP contribution >= 0.6 is 0 Å². The van der Waals surface area contributed by atoms with Gasteiger partial charge in [0.15, 0.2) is 0 Å². The number of aromatic nitrogens is 2. The van der Waals surface area contributed by atoms with Crippen molar-refractivity contribution in [2.75, 3.05) is 0 Å². The Kier molecular flexibility index (Phi) is 2.70. The molecule has 0 radical (unpaired) electrons. The van der Waals surface area contributed by atoms with Gasteiger partial charge >= 0.3 is 0 Å². The molecule has 4 heteroatoms. The highest BCUT2D eigenvalue weighted by atomic mass is 16.1. The van der Waals surface area contributed by atoms with Gasteiger partial charge in [-0.25, -0.2) is 0 Å². The van der Waals surface area contributed by atoms with Crippen molar-refractivity contribution in [3.63, 3.8) is 0 Å². The standard InChI is InChI=1S/C9H11N3O/c1-3-4-5-7-6-8(9(10)13)12(2)11-7/h6H,3H2,1-2H3,(H2,10,13). The normalized spacial score (nSPS) is 9.08. The first-order valence-corrected chi connectivity index (χ1v) is 3.98. The molecule has 0 aromatic carbocycles. The minimum absolute atomic E-state index is 0.375. The maximum atomic E-state index is 10.8. The summed E-state index contributed by atoms with van der Waals surface area (Å²) in [5.41, 5.74) is 6.07. The van der Waals surface area contributed by atoms with Crippen LogP contribution in [0.1, 0.15) is 29.5 Å². The van der Waals surface area contributed by atoms with Crippen LogP contribution in [0.3, 0.4) is 0 Å². The minimum atomic E-state index is -0.487. The van der Waals surface area contributed by atoms with Crippen LogP contribution in [0.4, 0.5) is 0 Å². The summed E-state index contributed by atoms with van der Waals surface area (Å²) >= 11 is 0. The molecule has 1 amide bonds. The van der Waals surface area contributed by atoms with Crippen LogP contribution in [0.25, 0.3) is 0 Å². The lowest BCUT2D eigenvalue weighted by Crippen LogP contribution is -2.15. The van der Waals surface area contributed by atoms with Crippen LogP contribution < -0.4 is 5.73 Å². The summed E-state index contributed by atoms with van der Waals surface area (Å²) in [6, 6.07) is 1.59. The number of nitrogens with two attached hydrogens (primary N) is 1. The zero-order chi connectivity index (χ0) is 9.84. The van der Waals surface area contributed by atoms with E-state index in [-0.39, 0.29) is 0 Å². The third-order valence-corrected chi connectivity index (χ3v) is 1.53. The van der Waals surface area contributed by atoms with E-state index in [0.29, 0.717) is 11.4 Å². The molecule has 1 aromatic rings. The van der Waals surface area contributed by atoms with Crippen molar-refractivity contribution in [2.45, 2.75) is 13.3 Å². The zero-order valence-corrected chi connectivity index (χ0v) is 7.66. The monoisotopic (exact) mass is 177 g/mol. The van der Waals surface area contributed by atoms with Crippen LogP contribution in [0.5, 0.6) is 0 Å². The van der Waals surface area contributed by atoms with Gasteiger partial charge in [-0.2, -0.15) is 5.10 Å². The summed E-state index contributed by atoms with van der Waals surface area (Å²) in [6.45, 7) is 1.95. The van der Waals surface area contributed by atoms with Crippen LogP contribution in [0.15, 0.2) is 6.07 Å². The smallest absolute Gasteiger partial charge is 0.267 e. The number of carbonyl (C=O) groups is 1. The van der Waals surface area contributed by atoms with Gasteiger partial charge < -0.3 is 5.73 Å². The summed E-state index contributed by atoms with van der Waals surface area (Å²) in [6.07, 6.45) is 0.766. The van der Waals surface area contributed by atoms with E-state index in [2.05, 4.69) is 16.9 Å². The maximum absolute atomic E-state index is 10.8. The fourth-order valence-electron chi connectivity index (χ4n) is 0.938. The lowest BCUT2D eigenvalue weighted by atomic mass is 10.3. The van der Waals surface area contributed by atoms with Gasteiger partial charge in [-0.15, -0.1) is 0 Å². The van der Waals surface area contributed by atoms with Gasteiger partial charge in [0, 0.05) is 19.5 Å². The molecular weight excluding hydrogens is 166 g/mol. The van der Waals surface area contributed by atoms with E-state index in [1.165, 1.54) is 4.68 Å². The largest absolute Gasteiger partial charge is 0.364 e. The van der Waals surface area contributed by atoms with E-state index in [4.69, 9.17) is 5.73 Å². The van der Waals surface area contributed by atoms with Gasteiger partial charge in [-0.05, 0) is 5.92 Å². The Morgan fingerprint density at radius 1 is 1.77 bits per heavy atom. The second-order valence-corrected chi connectivity index (χ2v) is 2.56. The lowest BCUT2D eigenvalue weighted by Gasteiger charge is -1.91. The fraction of sp³-hybridized carbons (Fsp3) is 0.333. The first-order chi connectivity index (χ1) is 6.15. The molecule has 0 aliphatic heterocycles. The van der Waals surface area contributed by atoms with Gasteiger partial charge in [0.25, 0.3) is 5.91 Å². The molecule has 2 N–H and O–H groups in total. The molecule has 68 valence electrons. The Morgan fingerprint density at radius 2 is 2.46 bits per heavy atom. The highest BCUT2D eigenvalue weighted by Gasteiger charge is 2.07. The number of hydrogen-bond acceptors (Lipinski definition) is 2. The average Bonchev–Trinajstić information content (AvgIpc) is 2.43. The molecule has 1 rings (SSSR count). The van der Waals surface area contributed by atoms with Gasteiger partial charge in [-0.3, -0.25) is 9.48 Å². The van der Waals surface area contributed by atoms with Crippen LogP contribution in [0, 0.1) is 11.8 Å². The predicted octanol–water partition coefficient (Wildman–Crippen LogP) is 0.281. The van der Waals surface area contributed by atoms with Crippen molar-refractivity contribution >= 4 is 5.91 Å². The van der Waals surface area contributed by atoms with Crippen molar-refractivity contribution in [1.29, 1.82) is 0 Å². The van der Waals surface area contributed by atoms with Crippen LogP contribution in [0.2, 0.25) is 0 Å². The Bertz CT molecular complexity index is 381. The molecular formula is C9H11N3O. The number of amides is 1. The molecule has 0 bridgehead atoms. The predicted molar refractivity (Wildman–Crippen MR) is 48.9 cm³/mol. The number of rotatable bonds is 1. The second-order valence-electron chi connectivity index (χ2n) is 2.56. The molecule has 0 aliphatic carbocycles. The first kappa shape index (κ1) is 9.33. The molecule has 0 unspecified atom stereocenters. The molecule has 1 heterocycles. The molecule has 4 nitrogen and oxygen atoms in total. The molecule has 0 spiro atoms. The summed E-state index contributed by atoms with van der Waals surface area (Å²) in [4.78, 5) is 10.8. The molecule has 1 aromatic heterocycles. The first-order valence-electron chi connectivity index (χ1n) is 3.98. The van der Waals surface area contributed by atoms with Gasteiger partial charge in [0.1, 0.15) is 11.4 Å².